The van der Waals surface area contributed by atoms with Crippen LogP contribution < -0.4 is 9.64 Å². The second kappa shape index (κ2) is 13.0. The third kappa shape index (κ3) is 6.38. The minimum atomic E-state index is -1.05. The van der Waals surface area contributed by atoms with Gasteiger partial charge in [-0.2, -0.15) is 4.98 Å². The molecule has 0 bridgehead atoms. The van der Waals surface area contributed by atoms with Gasteiger partial charge in [-0.05, 0) is 43.2 Å². The standard InChI is InChI=1S/C33H36FN7O4/c1-3-22-8-9-24(25(34)16-22)20-45-30-7-5-6-28(37-30)40-14-12-38(13-15-40)19-26-31(32(42)27-17-35-21-39(27)4-2)41-18-23(33(43)44)10-11-29(41)36-26/h5-11,16-18,21,32,42H,3-4,12-15,19-20H2,1-2H3,(H,43,44). The van der Waals surface area contributed by atoms with E-state index in [2.05, 4.69) is 19.8 Å². The van der Waals surface area contributed by atoms with Crippen molar-refractivity contribution in [1.29, 1.82) is 0 Å². The van der Waals surface area contributed by atoms with Gasteiger partial charge in [0.25, 0.3) is 0 Å². The molecular weight excluding hydrogens is 577 g/mol. The van der Waals surface area contributed by atoms with E-state index < -0.39 is 12.1 Å². The number of pyridine rings is 2. The number of aliphatic hydroxyl groups excluding tert-OH is 1. The zero-order chi connectivity index (χ0) is 31.5. The summed E-state index contributed by atoms with van der Waals surface area (Å²) in [6, 6.07) is 14.0. The topological polar surface area (TPSA) is 121 Å². The van der Waals surface area contributed by atoms with Crippen molar-refractivity contribution in [1.82, 2.24) is 28.8 Å². The van der Waals surface area contributed by atoms with Crippen LogP contribution in [0, 0.1) is 5.82 Å². The first kappa shape index (κ1) is 30.2. The third-order valence-electron chi connectivity index (χ3n) is 8.28. The maximum atomic E-state index is 14.4. The van der Waals surface area contributed by atoms with Crippen molar-refractivity contribution in [2.45, 2.75) is 46.1 Å². The van der Waals surface area contributed by atoms with Gasteiger partial charge < -0.3 is 24.4 Å². The van der Waals surface area contributed by atoms with Gasteiger partial charge in [0, 0.05) is 57.1 Å². The van der Waals surface area contributed by atoms with E-state index >= 15 is 0 Å². The summed E-state index contributed by atoms with van der Waals surface area (Å²) in [6.07, 6.45) is 4.52. The van der Waals surface area contributed by atoms with Gasteiger partial charge in [0.1, 0.15) is 30.0 Å². The summed E-state index contributed by atoms with van der Waals surface area (Å²) in [6.45, 7) is 8.02. The lowest BCUT2D eigenvalue weighted by atomic mass is 10.1. The van der Waals surface area contributed by atoms with Gasteiger partial charge >= 0.3 is 5.97 Å². The van der Waals surface area contributed by atoms with E-state index in [4.69, 9.17) is 9.72 Å². The van der Waals surface area contributed by atoms with Gasteiger partial charge in [-0.3, -0.25) is 9.30 Å². The summed E-state index contributed by atoms with van der Waals surface area (Å²) in [4.78, 5) is 29.9. The minimum absolute atomic E-state index is 0.0975. The number of carboxylic acids is 1. The fourth-order valence-corrected chi connectivity index (χ4v) is 5.69. The van der Waals surface area contributed by atoms with Crippen LogP contribution in [0.15, 0.2) is 67.3 Å². The van der Waals surface area contributed by atoms with Crippen molar-refractivity contribution in [3.05, 3.63) is 107 Å². The van der Waals surface area contributed by atoms with Crippen LogP contribution in [0.2, 0.25) is 0 Å². The van der Waals surface area contributed by atoms with Gasteiger partial charge in [-0.1, -0.05) is 25.1 Å². The largest absolute Gasteiger partial charge is 0.478 e. The number of carbonyl (C=O) groups is 1. The molecule has 234 valence electrons. The molecule has 1 fully saturated rings. The number of piperazine rings is 1. The fourth-order valence-electron chi connectivity index (χ4n) is 5.69. The fraction of sp³-hybridized carbons (Fsp3) is 0.333. The van der Waals surface area contributed by atoms with Gasteiger partial charge in [-0.15, -0.1) is 0 Å². The number of aromatic nitrogens is 5. The molecule has 0 aliphatic carbocycles. The molecule has 12 heteroatoms. The Morgan fingerprint density at radius 1 is 1.07 bits per heavy atom. The molecule has 2 N–H and O–H groups in total. The van der Waals surface area contributed by atoms with Gasteiger partial charge in [0.15, 0.2) is 0 Å². The first-order valence-electron chi connectivity index (χ1n) is 15.1. The van der Waals surface area contributed by atoms with Gasteiger partial charge in [-0.25, -0.2) is 19.2 Å². The molecule has 45 heavy (non-hydrogen) atoms. The van der Waals surface area contributed by atoms with Crippen molar-refractivity contribution in [2.75, 3.05) is 31.1 Å². The average molecular weight is 614 g/mol. The van der Waals surface area contributed by atoms with E-state index in [-0.39, 0.29) is 18.0 Å². The molecule has 0 spiro atoms. The number of aryl methyl sites for hydroxylation is 2. The summed E-state index contributed by atoms with van der Waals surface area (Å²) in [5, 5.41) is 21.2. The Bertz CT molecular complexity index is 1810. The van der Waals surface area contributed by atoms with Crippen LogP contribution in [0.5, 0.6) is 5.88 Å². The summed E-state index contributed by atoms with van der Waals surface area (Å²) in [5.74, 6) is -0.111. The van der Waals surface area contributed by atoms with Gasteiger partial charge in [0.2, 0.25) is 5.88 Å². The lowest BCUT2D eigenvalue weighted by Crippen LogP contribution is -2.46. The molecule has 1 aromatic carbocycles. The Balaban J connectivity index is 1.16. The molecule has 0 amide bonds. The second-order valence-electron chi connectivity index (χ2n) is 11.1. The number of hydrogen-bond acceptors (Lipinski definition) is 8. The number of hydrogen-bond donors (Lipinski definition) is 2. The number of nitrogens with zero attached hydrogens (tertiary/aromatic N) is 7. The number of aliphatic hydroxyl groups is 1. The van der Waals surface area contributed by atoms with Crippen molar-refractivity contribution >= 4 is 17.4 Å². The lowest BCUT2D eigenvalue weighted by molar-refractivity contribution is 0.0696. The van der Waals surface area contributed by atoms with Crippen LogP contribution in [0.25, 0.3) is 5.65 Å². The number of rotatable bonds is 11. The molecule has 1 aliphatic heterocycles. The lowest BCUT2D eigenvalue weighted by Gasteiger charge is -2.35. The normalized spacial score (nSPS) is 14.6. The zero-order valence-electron chi connectivity index (χ0n) is 25.3. The molecule has 5 heterocycles. The highest BCUT2D eigenvalue weighted by Gasteiger charge is 2.27. The third-order valence-corrected chi connectivity index (χ3v) is 8.28. The number of ether oxygens (including phenoxy) is 1. The van der Waals surface area contributed by atoms with Crippen LogP contribution in [-0.4, -0.2) is 71.2 Å². The van der Waals surface area contributed by atoms with Crippen LogP contribution in [0.1, 0.15) is 58.5 Å². The van der Waals surface area contributed by atoms with E-state index in [1.807, 2.05) is 36.6 Å². The number of anilines is 1. The smallest absolute Gasteiger partial charge is 0.337 e. The highest BCUT2D eigenvalue weighted by Crippen LogP contribution is 2.28. The first-order valence-corrected chi connectivity index (χ1v) is 15.1. The highest BCUT2D eigenvalue weighted by molar-refractivity contribution is 5.87. The quantitative estimate of drug-likeness (QED) is 0.224. The Kier molecular flexibility index (Phi) is 8.76. The molecule has 11 nitrogen and oxygen atoms in total. The number of benzene rings is 1. The molecular formula is C33H36FN7O4. The number of fused-ring (bicyclic) bond motifs is 1. The van der Waals surface area contributed by atoms with Crippen molar-refractivity contribution in [3.8, 4) is 5.88 Å². The second-order valence-corrected chi connectivity index (χ2v) is 11.1. The van der Waals surface area contributed by atoms with Crippen molar-refractivity contribution < 1.29 is 24.1 Å². The molecule has 4 aromatic heterocycles. The molecule has 1 unspecified atom stereocenters. The van der Waals surface area contributed by atoms with Crippen LogP contribution in [-0.2, 0) is 26.1 Å². The van der Waals surface area contributed by atoms with Gasteiger partial charge in [0.05, 0.1) is 35.2 Å². The van der Waals surface area contributed by atoms with E-state index in [9.17, 15) is 19.4 Å². The zero-order valence-corrected chi connectivity index (χ0v) is 25.3. The Hall–Kier alpha value is -4.81. The molecule has 0 radical (unpaired) electrons. The maximum absolute atomic E-state index is 14.4. The molecule has 1 atom stereocenters. The van der Waals surface area contributed by atoms with Crippen molar-refractivity contribution in [3.63, 3.8) is 0 Å². The summed E-state index contributed by atoms with van der Waals surface area (Å²) < 4.78 is 23.8. The molecule has 6 rings (SSSR count). The molecule has 1 saturated heterocycles. The van der Waals surface area contributed by atoms with Crippen LogP contribution >= 0.6 is 0 Å². The Labute approximate surface area is 260 Å². The number of carboxylic acid groups (broad SMARTS) is 1. The Morgan fingerprint density at radius 2 is 1.89 bits per heavy atom. The predicted molar refractivity (Wildman–Crippen MR) is 166 cm³/mol. The van der Waals surface area contributed by atoms with Crippen molar-refractivity contribution in [2.24, 2.45) is 0 Å². The summed E-state index contributed by atoms with van der Waals surface area (Å²) >= 11 is 0. The highest BCUT2D eigenvalue weighted by atomic mass is 19.1. The Morgan fingerprint density at radius 3 is 2.62 bits per heavy atom. The van der Waals surface area contributed by atoms with Crippen LogP contribution in [0.4, 0.5) is 10.2 Å². The summed E-state index contributed by atoms with van der Waals surface area (Å²) in [7, 11) is 0. The monoisotopic (exact) mass is 613 g/mol. The average Bonchev–Trinajstić information content (AvgIpc) is 3.68. The molecule has 1 aliphatic rings. The van der Waals surface area contributed by atoms with E-state index in [1.54, 1.807) is 41.2 Å². The van der Waals surface area contributed by atoms with E-state index in [1.165, 1.54) is 12.3 Å². The maximum Gasteiger partial charge on any atom is 0.337 e. The SMILES string of the molecule is CCc1ccc(COc2cccc(N3CCN(Cc4nc5ccc(C(=O)O)cn5c4C(O)c4cncn4CC)CC3)n2)c(F)c1. The predicted octanol–water partition coefficient (Wildman–Crippen LogP) is 4.33. The molecule has 0 saturated carbocycles. The molecule has 5 aromatic rings. The summed E-state index contributed by atoms with van der Waals surface area (Å²) in [5.41, 5.74) is 3.92. The van der Waals surface area contributed by atoms with E-state index in [0.29, 0.717) is 60.4 Å². The number of imidazole rings is 2. The number of halogens is 1. The first-order chi connectivity index (χ1) is 21.8. The van der Waals surface area contributed by atoms with Crippen LogP contribution in [0.3, 0.4) is 0 Å². The number of aromatic carboxylic acids is 1. The van der Waals surface area contributed by atoms with E-state index in [0.717, 1.165) is 30.9 Å². The minimum Gasteiger partial charge on any atom is -0.478 e.